The number of esters is 1. The number of hydrogen-bond donors (Lipinski definition) is 1. The summed E-state index contributed by atoms with van der Waals surface area (Å²) in [6.45, 7) is 5.32. The minimum Gasteiger partial charge on any atom is -0.463 e. The zero-order valence-electron chi connectivity index (χ0n) is 15.5. The van der Waals surface area contributed by atoms with Crippen LogP contribution in [0.2, 0.25) is 0 Å². The number of hydrazine groups is 1. The highest BCUT2D eigenvalue weighted by atomic mass is 32.2. The Kier molecular flexibility index (Phi) is 8.28. The third-order valence-electron chi connectivity index (χ3n) is 3.88. The summed E-state index contributed by atoms with van der Waals surface area (Å²) in [7, 11) is 0. The summed E-state index contributed by atoms with van der Waals surface area (Å²) >= 11 is 1.05. The van der Waals surface area contributed by atoms with E-state index in [9.17, 15) is 14.4 Å². The van der Waals surface area contributed by atoms with Crippen LogP contribution < -0.4 is 5.43 Å². The highest BCUT2D eigenvalue weighted by molar-refractivity contribution is 8.11. The molecule has 0 spiro atoms. The van der Waals surface area contributed by atoms with Crippen molar-refractivity contribution in [3.8, 4) is 0 Å². The van der Waals surface area contributed by atoms with E-state index in [4.69, 9.17) is 4.74 Å². The van der Waals surface area contributed by atoms with Crippen molar-refractivity contribution in [1.29, 1.82) is 0 Å². The number of carbonyl (C=O) groups excluding carboxylic acids is 3. The van der Waals surface area contributed by atoms with Crippen LogP contribution >= 0.6 is 11.9 Å². The van der Waals surface area contributed by atoms with Crippen LogP contribution in [-0.2, 0) is 14.3 Å². The minimum absolute atomic E-state index is 0.217. The van der Waals surface area contributed by atoms with Crippen molar-refractivity contribution in [3.63, 3.8) is 0 Å². The smallest absolute Gasteiger partial charge is 0.330 e. The van der Waals surface area contributed by atoms with Gasteiger partial charge in [-0.2, -0.15) is 0 Å². The van der Waals surface area contributed by atoms with Crippen LogP contribution in [0.15, 0.2) is 36.5 Å². The Labute approximate surface area is 163 Å². The molecule has 0 radical (unpaired) electrons. The Morgan fingerprint density at radius 3 is 2.70 bits per heavy atom. The Hall–Kier alpha value is -2.39. The number of pyridine rings is 1. The molecule has 0 saturated carbocycles. The average Bonchev–Trinajstić information content (AvgIpc) is 3.17. The van der Waals surface area contributed by atoms with Gasteiger partial charge in [-0.15, -0.1) is 0 Å². The fourth-order valence-electron chi connectivity index (χ4n) is 2.52. The number of amides is 2. The van der Waals surface area contributed by atoms with Crippen LogP contribution in [0.3, 0.4) is 0 Å². The topological polar surface area (TPSA) is 91.8 Å². The molecule has 1 N–H and O–H groups in total. The quantitative estimate of drug-likeness (QED) is 0.344. The van der Waals surface area contributed by atoms with Crippen LogP contribution in [-0.4, -0.2) is 51.1 Å². The molecule has 8 nitrogen and oxygen atoms in total. The molecule has 27 heavy (non-hydrogen) atoms. The number of nitrogens with one attached hydrogen (secondary N) is 1. The van der Waals surface area contributed by atoms with Crippen molar-refractivity contribution in [3.05, 3.63) is 42.2 Å². The Balaban J connectivity index is 2.10. The van der Waals surface area contributed by atoms with Crippen molar-refractivity contribution in [2.75, 3.05) is 19.7 Å². The van der Waals surface area contributed by atoms with E-state index in [1.807, 2.05) is 4.31 Å². The molecule has 1 fully saturated rings. The minimum atomic E-state index is -0.617. The molecule has 1 aromatic heterocycles. The molecule has 0 aliphatic carbocycles. The Morgan fingerprint density at radius 1 is 1.33 bits per heavy atom. The highest BCUT2D eigenvalue weighted by Crippen LogP contribution is 2.21. The molecule has 2 rings (SSSR count). The van der Waals surface area contributed by atoms with Gasteiger partial charge in [-0.25, -0.2) is 14.1 Å². The lowest BCUT2D eigenvalue weighted by Gasteiger charge is -2.28. The summed E-state index contributed by atoms with van der Waals surface area (Å²) in [4.78, 5) is 40.7. The second-order valence-electron chi connectivity index (χ2n) is 5.85. The number of aromatic nitrogens is 1. The van der Waals surface area contributed by atoms with E-state index in [1.165, 1.54) is 5.01 Å². The lowest BCUT2D eigenvalue weighted by atomic mass is 10.2. The first-order valence-electron chi connectivity index (χ1n) is 8.83. The molecule has 1 atom stereocenters. The predicted molar refractivity (Wildman–Crippen MR) is 102 cm³/mol. The van der Waals surface area contributed by atoms with Crippen LogP contribution in [0.4, 0.5) is 4.79 Å². The number of rotatable bonds is 6. The molecule has 0 bridgehead atoms. The molecule has 2 heterocycles. The number of nitrogens with zero attached hydrogens (tertiary/aromatic N) is 3. The van der Waals surface area contributed by atoms with Gasteiger partial charge < -0.3 is 4.74 Å². The first-order valence-corrected chi connectivity index (χ1v) is 9.61. The standard InChI is InChI=1S/C18H24N4O4S/c1-3-26-17(24)10-9-16(23)22(14(2)15-8-4-5-11-19-15)20-18(25)27-21-12-6-7-13-21/h4-5,8-11,14H,3,6-7,12-13H2,1-2H3,(H,20,25)/b10-9+. The SMILES string of the molecule is CCOC(=O)/C=C/C(=O)N(NC(=O)SN1CCCC1)C(C)c1ccccn1. The van der Waals surface area contributed by atoms with Gasteiger partial charge in [0, 0.05) is 43.4 Å². The normalized spacial score (nSPS) is 15.5. The van der Waals surface area contributed by atoms with Gasteiger partial charge in [0.05, 0.1) is 18.3 Å². The monoisotopic (exact) mass is 392 g/mol. The molecule has 2 amide bonds. The Bertz CT molecular complexity index is 677. The lowest BCUT2D eigenvalue weighted by Crippen LogP contribution is -2.46. The van der Waals surface area contributed by atoms with Crippen LogP contribution in [0, 0.1) is 0 Å². The maximum atomic E-state index is 12.6. The second-order valence-corrected chi connectivity index (χ2v) is 6.92. The molecule has 1 saturated heterocycles. The lowest BCUT2D eigenvalue weighted by molar-refractivity contribution is -0.138. The summed E-state index contributed by atoms with van der Waals surface area (Å²) < 4.78 is 6.74. The number of ether oxygens (including phenoxy) is 1. The van der Waals surface area contributed by atoms with E-state index in [0.29, 0.717) is 5.69 Å². The van der Waals surface area contributed by atoms with Crippen molar-refractivity contribution < 1.29 is 19.1 Å². The van der Waals surface area contributed by atoms with Crippen molar-refractivity contribution >= 4 is 29.1 Å². The Morgan fingerprint density at radius 2 is 2.07 bits per heavy atom. The van der Waals surface area contributed by atoms with Crippen molar-refractivity contribution in [2.45, 2.75) is 32.7 Å². The summed E-state index contributed by atoms with van der Waals surface area (Å²) in [5, 5.41) is 0.807. The van der Waals surface area contributed by atoms with E-state index >= 15 is 0 Å². The maximum Gasteiger partial charge on any atom is 0.330 e. The molecular formula is C18H24N4O4S. The molecule has 1 aliphatic heterocycles. The van der Waals surface area contributed by atoms with Gasteiger partial charge in [0.15, 0.2) is 0 Å². The van der Waals surface area contributed by atoms with Gasteiger partial charge in [0.2, 0.25) is 0 Å². The average molecular weight is 392 g/mol. The fourth-order valence-corrected chi connectivity index (χ4v) is 3.34. The van der Waals surface area contributed by atoms with E-state index < -0.39 is 17.9 Å². The summed E-state index contributed by atoms with van der Waals surface area (Å²) in [6, 6.07) is 4.81. The third-order valence-corrected chi connectivity index (χ3v) is 4.76. The van der Waals surface area contributed by atoms with Gasteiger partial charge in [-0.05, 0) is 38.8 Å². The molecule has 0 aromatic carbocycles. The summed E-state index contributed by atoms with van der Waals surface area (Å²) in [6.07, 6.45) is 5.84. The first-order chi connectivity index (χ1) is 13.0. The van der Waals surface area contributed by atoms with Gasteiger partial charge in [0.25, 0.3) is 5.91 Å². The van der Waals surface area contributed by atoms with Gasteiger partial charge in [-0.1, -0.05) is 6.07 Å². The molecule has 1 aliphatic rings. The van der Waals surface area contributed by atoms with Crippen LogP contribution in [0.1, 0.15) is 38.4 Å². The zero-order chi connectivity index (χ0) is 19.6. The van der Waals surface area contributed by atoms with Crippen molar-refractivity contribution in [1.82, 2.24) is 19.7 Å². The maximum absolute atomic E-state index is 12.6. The highest BCUT2D eigenvalue weighted by Gasteiger charge is 2.25. The summed E-state index contributed by atoms with van der Waals surface area (Å²) in [5.41, 5.74) is 3.23. The van der Waals surface area contributed by atoms with Gasteiger partial charge >= 0.3 is 11.2 Å². The molecular weight excluding hydrogens is 368 g/mol. The predicted octanol–water partition coefficient (Wildman–Crippen LogP) is 2.46. The van der Waals surface area contributed by atoms with E-state index in [2.05, 4.69) is 10.4 Å². The van der Waals surface area contributed by atoms with Crippen LogP contribution in [0.5, 0.6) is 0 Å². The van der Waals surface area contributed by atoms with Crippen LogP contribution in [0.25, 0.3) is 0 Å². The largest absolute Gasteiger partial charge is 0.463 e. The first kappa shape index (κ1) is 20.9. The van der Waals surface area contributed by atoms with E-state index in [1.54, 1.807) is 38.2 Å². The van der Waals surface area contributed by atoms with Crippen molar-refractivity contribution in [2.24, 2.45) is 0 Å². The fraction of sp³-hybridized carbons (Fsp3) is 0.444. The molecule has 9 heteroatoms. The molecule has 1 aromatic rings. The number of hydrogen-bond acceptors (Lipinski definition) is 7. The van der Waals surface area contributed by atoms with E-state index in [0.717, 1.165) is 50.0 Å². The van der Waals surface area contributed by atoms with Gasteiger partial charge in [0.1, 0.15) is 0 Å². The summed E-state index contributed by atoms with van der Waals surface area (Å²) in [5.74, 6) is -1.16. The molecule has 146 valence electrons. The molecule has 1 unspecified atom stereocenters. The van der Waals surface area contributed by atoms with Gasteiger partial charge in [-0.3, -0.25) is 20.0 Å². The second kappa shape index (κ2) is 10.7. The third kappa shape index (κ3) is 6.69. The number of carbonyl (C=O) groups is 3. The van der Waals surface area contributed by atoms with E-state index in [-0.39, 0.29) is 11.8 Å². The zero-order valence-corrected chi connectivity index (χ0v) is 16.3.